The van der Waals surface area contributed by atoms with Crippen LogP contribution in [-0.2, 0) is 27.8 Å². The van der Waals surface area contributed by atoms with Crippen LogP contribution in [0.5, 0.6) is 5.75 Å². The lowest BCUT2D eigenvalue weighted by Gasteiger charge is -2.20. The average molecular weight is 467 g/mol. The number of sulfonamides is 1. The lowest BCUT2D eigenvalue weighted by Crippen LogP contribution is -2.34. The molecule has 1 N–H and O–H groups in total. The molecule has 0 aliphatic carbocycles. The first-order valence-corrected chi connectivity index (χ1v) is 11.7. The van der Waals surface area contributed by atoms with Crippen LogP contribution in [0.1, 0.15) is 21.5 Å². The molecule has 8 nitrogen and oxygen atoms in total. The number of hydrogen-bond acceptors (Lipinski definition) is 6. The fraction of sp³-hybridized carbons (Fsp3) is 0.167. The Morgan fingerprint density at radius 3 is 2.39 bits per heavy atom. The molecule has 4 rings (SSSR count). The van der Waals surface area contributed by atoms with Crippen LogP contribution in [0.2, 0.25) is 0 Å². The molecule has 0 fully saturated rings. The average Bonchev–Trinajstić information content (AvgIpc) is 3.27. The van der Waals surface area contributed by atoms with Crippen molar-refractivity contribution in [2.24, 2.45) is 0 Å². The number of anilines is 1. The lowest BCUT2D eigenvalue weighted by atomic mass is 10.2. The smallest absolute Gasteiger partial charge is 0.414 e. The van der Waals surface area contributed by atoms with E-state index in [2.05, 4.69) is 4.72 Å². The number of carbonyl (C=O) groups is 2. The van der Waals surface area contributed by atoms with Gasteiger partial charge < -0.3 is 9.47 Å². The van der Waals surface area contributed by atoms with Crippen molar-refractivity contribution in [3.63, 3.8) is 0 Å². The van der Waals surface area contributed by atoms with Gasteiger partial charge in [0.15, 0.2) is 0 Å². The summed E-state index contributed by atoms with van der Waals surface area (Å²) in [5.41, 5.74) is 1.89. The number of para-hydroxylation sites is 1. The summed E-state index contributed by atoms with van der Waals surface area (Å²) < 4.78 is 38.8. The number of methoxy groups -OCH3 is 1. The number of ether oxygens (including phenoxy) is 2. The molecule has 1 heterocycles. The number of amides is 2. The molecule has 0 aromatic heterocycles. The molecule has 0 saturated heterocycles. The number of benzene rings is 3. The zero-order chi connectivity index (χ0) is 23.4. The fourth-order valence-electron chi connectivity index (χ4n) is 3.59. The predicted molar refractivity (Wildman–Crippen MR) is 122 cm³/mol. The van der Waals surface area contributed by atoms with Crippen LogP contribution in [0.4, 0.5) is 10.5 Å². The van der Waals surface area contributed by atoms with E-state index in [0.29, 0.717) is 17.7 Å². The van der Waals surface area contributed by atoms with Gasteiger partial charge in [-0.2, -0.15) is 0 Å². The Balaban J connectivity index is 1.55. The number of hydrogen-bond donors (Lipinski definition) is 1. The molecule has 3 aromatic rings. The van der Waals surface area contributed by atoms with Crippen LogP contribution >= 0.6 is 0 Å². The van der Waals surface area contributed by atoms with Crippen molar-refractivity contribution in [1.29, 1.82) is 0 Å². The van der Waals surface area contributed by atoms with Gasteiger partial charge in [0.2, 0.25) is 0 Å². The second kappa shape index (κ2) is 9.33. The third-order valence-corrected chi connectivity index (χ3v) is 6.61. The summed E-state index contributed by atoms with van der Waals surface area (Å²) in [5, 5.41) is 0. The molecule has 0 spiro atoms. The highest BCUT2D eigenvalue weighted by atomic mass is 32.2. The van der Waals surface area contributed by atoms with E-state index in [1.54, 1.807) is 24.3 Å². The van der Waals surface area contributed by atoms with Crippen molar-refractivity contribution in [2.45, 2.75) is 17.9 Å². The molecule has 0 saturated carbocycles. The Labute approximate surface area is 191 Å². The molecule has 1 aliphatic rings. The van der Waals surface area contributed by atoms with Crippen molar-refractivity contribution < 1.29 is 27.5 Å². The van der Waals surface area contributed by atoms with Crippen molar-refractivity contribution in [1.82, 2.24) is 4.72 Å². The van der Waals surface area contributed by atoms with Gasteiger partial charge >= 0.3 is 6.09 Å². The number of nitrogens with zero attached hydrogens (tertiary/aromatic N) is 1. The van der Waals surface area contributed by atoms with E-state index in [1.807, 2.05) is 30.3 Å². The van der Waals surface area contributed by atoms with E-state index < -0.39 is 22.0 Å². The highest BCUT2D eigenvalue weighted by molar-refractivity contribution is 7.90. The molecule has 0 radical (unpaired) electrons. The SMILES string of the molecule is COc1ccc(C(=O)NS(=O)(=O)c2cccc3c2N(C(=O)OCc2ccccc2)CC3)cc1. The number of nitrogens with one attached hydrogen (secondary N) is 1. The molecular weight excluding hydrogens is 444 g/mol. The van der Waals surface area contributed by atoms with Crippen molar-refractivity contribution >= 4 is 27.7 Å². The van der Waals surface area contributed by atoms with Crippen molar-refractivity contribution in [3.05, 3.63) is 89.5 Å². The van der Waals surface area contributed by atoms with Crippen LogP contribution in [0.15, 0.2) is 77.7 Å². The normalized spacial score (nSPS) is 12.7. The van der Waals surface area contributed by atoms with Gasteiger partial charge in [0.1, 0.15) is 17.3 Å². The molecule has 0 bridgehead atoms. The van der Waals surface area contributed by atoms with E-state index in [4.69, 9.17) is 9.47 Å². The second-order valence-electron chi connectivity index (χ2n) is 7.37. The van der Waals surface area contributed by atoms with E-state index >= 15 is 0 Å². The number of rotatable bonds is 6. The van der Waals surface area contributed by atoms with E-state index in [9.17, 15) is 18.0 Å². The first-order valence-electron chi connectivity index (χ1n) is 10.2. The minimum Gasteiger partial charge on any atom is -0.497 e. The van der Waals surface area contributed by atoms with Crippen molar-refractivity contribution in [2.75, 3.05) is 18.6 Å². The molecule has 0 atom stereocenters. The van der Waals surface area contributed by atoms with Gasteiger partial charge in [-0.3, -0.25) is 9.69 Å². The molecular formula is C24H22N2O6S. The molecule has 3 aromatic carbocycles. The van der Waals surface area contributed by atoms with Crippen molar-refractivity contribution in [3.8, 4) is 5.75 Å². The maximum absolute atomic E-state index is 13.1. The Hall–Kier alpha value is -3.85. The van der Waals surface area contributed by atoms with Crippen LogP contribution in [0.3, 0.4) is 0 Å². The molecule has 0 unspecified atom stereocenters. The summed E-state index contributed by atoms with van der Waals surface area (Å²) in [6, 6.07) is 20.0. The zero-order valence-corrected chi connectivity index (χ0v) is 18.7. The van der Waals surface area contributed by atoms with Gasteiger partial charge in [-0.1, -0.05) is 42.5 Å². The van der Waals surface area contributed by atoms with E-state index in [0.717, 1.165) is 5.56 Å². The van der Waals surface area contributed by atoms with Gasteiger partial charge in [-0.15, -0.1) is 0 Å². The van der Waals surface area contributed by atoms with Gasteiger partial charge in [0.25, 0.3) is 15.9 Å². The Morgan fingerprint density at radius 1 is 0.970 bits per heavy atom. The molecule has 2 amide bonds. The molecule has 33 heavy (non-hydrogen) atoms. The second-order valence-corrected chi connectivity index (χ2v) is 9.02. The summed E-state index contributed by atoms with van der Waals surface area (Å²) >= 11 is 0. The van der Waals surface area contributed by atoms with Gasteiger partial charge in [-0.25, -0.2) is 17.9 Å². The van der Waals surface area contributed by atoms with Crippen LogP contribution in [0.25, 0.3) is 0 Å². The largest absolute Gasteiger partial charge is 0.497 e. The van der Waals surface area contributed by atoms with Gasteiger partial charge in [0, 0.05) is 12.1 Å². The summed E-state index contributed by atoms with van der Waals surface area (Å²) in [4.78, 5) is 26.5. The summed E-state index contributed by atoms with van der Waals surface area (Å²) in [7, 11) is -2.77. The monoisotopic (exact) mass is 466 g/mol. The predicted octanol–water partition coefficient (Wildman–Crippen LogP) is 3.51. The van der Waals surface area contributed by atoms with Crippen LogP contribution in [-0.4, -0.2) is 34.1 Å². The lowest BCUT2D eigenvalue weighted by molar-refractivity contribution is 0.0981. The van der Waals surface area contributed by atoms with Crippen LogP contribution < -0.4 is 14.4 Å². The Bertz CT molecular complexity index is 1270. The number of fused-ring (bicyclic) bond motifs is 1. The minimum atomic E-state index is -4.26. The van der Waals surface area contributed by atoms with E-state index in [1.165, 1.54) is 30.2 Å². The molecule has 1 aliphatic heterocycles. The minimum absolute atomic E-state index is 0.0641. The Kier molecular flexibility index (Phi) is 6.32. The molecule has 170 valence electrons. The van der Waals surface area contributed by atoms with Crippen LogP contribution in [0, 0.1) is 0 Å². The maximum atomic E-state index is 13.1. The third-order valence-electron chi connectivity index (χ3n) is 5.25. The maximum Gasteiger partial charge on any atom is 0.414 e. The van der Waals surface area contributed by atoms with E-state index in [-0.39, 0.29) is 29.3 Å². The fourth-order valence-corrected chi connectivity index (χ4v) is 4.82. The summed E-state index contributed by atoms with van der Waals surface area (Å²) in [6.07, 6.45) is -0.173. The third kappa shape index (κ3) is 4.83. The number of carbonyl (C=O) groups excluding carboxylic acids is 2. The standard InChI is InChI=1S/C24H22N2O6S/c1-31-20-12-10-19(11-13-20)23(27)25-33(29,30)21-9-5-8-18-14-15-26(22(18)21)24(28)32-16-17-6-3-2-4-7-17/h2-13H,14-16H2,1H3,(H,25,27). The first-order chi connectivity index (χ1) is 15.9. The zero-order valence-electron chi connectivity index (χ0n) is 17.9. The highest BCUT2D eigenvalue weighted by Gasteiger charge is 2.33. The summed E-state index contributed by atoms with van der Waals surface area (Å²) in [6.45, 7) is 0.344. The Morgan fingerprint density at radius 2 is 1.70 bits per heavy atom. The van der Waals surface area contributed by atoms with Gasteiger partial charge in [0.05, 0.1) is 12.8 Å². The topological polar surface area (TPSA) is 102 Å². The quantitative estimate of drug-likeness (QED) is 0.597. The highest BCUT2D eigenvalue weighted by Crippen LogP contribution is 2.35. The first kappa shape index (κ1) is 22.3. The van der Waals surface area contributed by atoms with Gasteiger partial charge in [-0.05, 0) is 47.9 Å². The summed E-state index contributed by atoms with van der Waals surface area (Å²) in [5.74, 6) is -0.244. The molecule has 9 heteroatoms.